The third kappa shape index (κ3) is 5.90. The van der Waals surface area contributed by atoms with Gasteiger partial charge in [0.2, 0.25) is 5.43 Å². The van der Waals surface area contributed by atoms with Gasteiger partial charge in [0.1, 0.15) is 16.4 Å². The van der Waals surface area contributed by atoms with E-state index in [1.807, 2.05) is 6.92 Å². The molecule has 10 nitrogen and oxygen atoms in total. The van der Waals surface area contributed by atoms with Gasteiger partial charge in [-0.25, -0.2) is 19.6 Å². The second-order valence-corrected chi connectivity index (χ2v) is 9.30. The van der Waals surface area contributed by atoms with Crippen LogP contribution in [0.1, 0.15) is 42.7 Å². The number of hydrogen-bond donors (Lipinski definition) is 3. The highest BCUT2D eigenvalue weighted by Gasteiger charge is 2.34. The van der Waals surface area contributed by atoms with Gasteiger partial charge in [0, 0.05) is 42.0 Å². The number of aromatic carboxylic acids is 1. The van der Waals surface area contributed by atoms with E-state index in [4.69, 9.17) is 0 Å². The fourth-order valence-corrected chi connectivity index (χ4v) is 4.71. The van der Waals surface area contributed by atoms with Gasteiger partial charge < -0.3 is 15.0 Å². The molecule has 204 valence electrons. The number of anilines is 1. The lowest BCUT2D eigenvalue weighted by Gasteiger charge is -2.14. The molecule has 0 bridgehead atoms. The molecule has 3 N–H and O–H groups in total. The molecule has 0 atom stereocenters. The summed E-state index contributed by atoms with van der Waals surface area (Å²) in [6.07, 6.45) is 0.909. The van der Waals surface area contributed by atoms with E-state index >= 15 is 0 Å². The lowest BCUT2D eigenvalue weighted by atomic mass is 10.0. The number of carboxylic acids is 1. The molecular weight excluding hydrogens is 537 g/mol. The second-order valence-electron chi connectivity index (χ2n) is 8.45. The number of carboxylic acid groups (broad SMARTS) is 1. The van der Waals surface area contributed by atoms with Gasteiger partial charge in [0.15, 0.2) is 5.69 Å². The molecule has 0 unspecified atom stereocenters. The van der Waals surface area contributed by atoms with Gasteiger partial charge in [-0.2, -0.15) is 13.2 Å². The third-order valence-electron chi connectivity index (χ3n) is 5.73. The average molecular weight is 561 g/mol. The molecule has 0 aromatic carbocycles. The Morgan fingerprint density at radius 3 is 2.54 bits per heavy atom. The van der Waals surface area contributed by atoms with Crippen LogP contribution in [0.2, 0.25) is 0 Å². The van der Waals surface area contributed by atoms with Crippen LogP contribution in [0.25, 0.3) is 32.7 Å². The summed E-state index contributed by atoms with van der Waals surface area (Å²) in [5.41, 5.74) is -1.21. The number of amides is 2. The number of halogens is 3. The first kappa shape index (κ1) is 27.7. The number of urea groups is 1. The predicted octanol–water partition coefficient (Wildman–Crippen LogP) is 5.24. The Morgan fingerprint density at radius 1 is 1.13 bits per heavy atom. The molecule has 0 aliphatic heterocycles. The molecule has 4 heterocycles. The predicted molar refractivity (Wildman–Crippen MR) is 140 cm³/mol. The molecule has 0 aliphatic carbocycles. The van der Waals surface area contributed by atoms with Crippen LogP contribution in [0, 0.1) is 0 Å². The van der Waals surface area contributed by atoms with Crippen LogP contribution in [0.5, 0.6) is 0 Å². The zero-order chi connectivity index (χ0) is 28.3. The first-order valence-corrected chi connectivity index (χ1v) is 12.8. The first-order chi connectivity index (χ1) is 18.5. The Morgan fingerprint density at radius 2 is 1.90 bits per heavy atom. The van der Waals surface area contributed by atoms with Gasteiger partial charge >= 0.3 is 18.2 Å². The van der Waals surface area contributed by atoms with Crippen molar-refractivity contribution in [1.29, 1.82) is 0 Å². The molecular formula is C25H23F3N6O4S. The second kappa shape index (κ2) is 11.2. The highest BCUT2D eigenvalue weighted by molar-refractivity contribution is 7.13. The lowest BCUT2D eigenvalue weighted by molar-refractivity contribution is -0.140. The summed E-state index contributed by atoms with van der Waals surface area (Å²) in [4.78, 5) is 49.2. The monoisotopic (exact) mass is 560 g/mol. The molecule has 0 spiro atoms. The minimum absolute atomic E-state index is 0.0137. The van der Waals surface area contributed by atoms with Crippen molar-refractivity contribution in [2.75, 3.05) is 11.9 Å². The quantitative estimate of drug-likeness (QED) is 0.268. The highest BCUT2D eigenvalue weighted by Crippen LogP contribution is 2.38. The number of fused-ring (bicyclic) bond motifs is 1. The van der Waals surface area contributed by atoms with E-state index < -0.39 is 34.9 Å². The van der Waals surface area contributed by atoms with Crippen LogP contribution in [-0.4, -0.2) is 43.2 Å². The van der Waals surface area contributed by atoms with E-state index in [0.717, 1.165) is 29.6 Å². The first-order valence-electron chi connectivity index (χ1n) is 11.9. The van der Waals surface area contributed by atoms with Gasteiger partial charge in [-0.1, -0.05) is 13.3 Å². The van der Waals surface area contributed by atoms with Crippen molar-refractivity contribution in [3.8, 4) is 21.8 Å². The Kier molecular flexibility index (Phi) is 7.95. The molecule has 0 radical (unpaired) electrons. The van der Waals surface area contributed by atoms with Gasteiger partial charge in [0.25, 0.3) is 0 Å². The number of alkyl halides is 3. The lowest BCUT2D eigenvalue weighted by Crippen LogP contribution is -2.28. The van der Waals surface area contributed by atoms with Crippen molar-refractivity contribution in [3.05, 3.63) is 57.6 Å². The van der Waals surface area contributed by atoms with Crippen LogP contribution < -0.4 is 16.1 Å². The summed E-state index contributed by atoms with van der Waals surface area (Å²) >= 11 is 0.742. The number of rotatable bonds is 8. The fourth-order valence-electron chi connectivity index (χ4n) is 3.85. The summed E-state index contributed by atoms with van der Waals surface area (Å²) < 4.78 is 41.5. The summed E-state index contributed by atoms with van der Waals surface area (Å²) in [6.45, 7) is 4.49. The molecule has 4 aromatic heterocycles. The number of nitrogens with zero attached hydrogens (tertiary/aromatic N) is 4. The van der Waals surface area contributed by atoms with E-state index in [1.165, 1.54) is 30.7 Å². The van der Waals surface area contributed by atoms with Gasteiger partial charge in [-0.3, -0.25) is 15.1 Å². The number of unbranched alkanes of at least 4 members (excludes halogenated alkanes) is 1. The number of carbonyl (C=O) groups excluding carboxylic acids is 1. The average Bonchev–Trinajstić information content (AvgIpc) is 3.39. The smallest absolute Gasteiger partial charge is 0.434 e. The van der Waals surface area contributed by atoms with Crippen LogP contribution >= 0.6 is 11.3 Å². The molecule has 2 amide bonds. The van der Waals surface area contributed by atoms with E-state index in [1.54, 1.807) is 11.5 Å². The zero-order valence-corrected chi connectivity index (χ0v) is 21.6. The van der Waals surface area contributed by atoms with Crippen molar-refractivity contribution in [2.45, 2.75) is 39.4 Å². The summed E-state index contributed by atoms with van der Waals surface area (Å²) in [6, 6.07) is 2.20. The van der Waals surface area contributed by atoms with Crippen molar-refractivity contribution in [1.82, 2.24) is 24.8 Å². The maximum absolute atomic E-state index is 13.3. The Bertz CT molecular complexity index is 1620. The molecule has 0 saturated heterocycles. The maximum Gasteiger partial charge on any atom is 0.434 e. The zero-order valence-electron chi connectivity index (χ0n) is 20.8. The van der Waals surface area contributed by atoms with Crippen LogP contribution in [-0.2, 0) is 12.7 Å². The molecule has 14 heteroatoms. The number of carbonyl (C=O) groups is 2. The third-order valence-corrected chi connectivity index (χ3v) is 6.61. The van der Waals surface area contributed by atoms with Crippen molar-refractivity contribution in [3.63, 3.8) is 0 Å². The Hall–Kier alpha value is -4.33. The van der Waals surface area contributed by atoms with Gasteiger partial charge in [0.05, 0.1) is 22.8 Å². The number of nitrogens with one attached hydrogen (secondary N) is 2. The molecule has 0 aliphatic rings. The van der Waals surface area contributed by atoms with E-state index in [0.29, 0.717) is 18.6 Å². The molecule has 0 fully saturated rings. The number of thiazole rings is 1. The SMILES string of the molecule is CCCCn1cc(C(=O)O)c(=O)c2cc(-c3cnc(NC(=O)NCC)cc3-c3nc(C(F)(F)F)cs3)ncc21. The largest absolute Gasteiger partial charge is 0.477 e. The van der Waals surface area contributed by atoms with Gasteiger partial charge in [-0.15, -0.1) is 11.3 Å². The summed E-state index contributed by atoms with van der Waals surface area (Å²) in [7, 11) is 0. The Labute approximate surface area is 223 Å². The molecule has 0 saturated carbocycles. The minimum atomic E-state index is -4.66. The standard InChI is InChI=1S/C25H23F3N6O4S/c1-3-5-6-34-11-16(23(36)37)21(35)14-7-17(30-10-18(14)34)15-9-31-20(33-24(38)29-4-2)8-13(15)22-32-19(12-39-22)25(26,27)28/h7-12H,3-6H2,1-2H3,(H,36,37)(H2,29,31,33,38). The van der Waals surface area contributed by atoms with Crippen LogP contribution in [0.4, 0.5) is 23.8 Å². The number of hydrogen-bond acceptors (Lipinski definition) is 7. The fraction of sp³-hybridized carbons (Fsp3) is 0.280. The van der Waals surface area contributed by atoms with Crippen molar-refractivity contribution < 1.29 is 27.9 Å². The van der Waals surface area contributed by atoms with Gasteiger partial charge in [-0.05, 0) is 25.5 Å². The summed E-state index contributed by atoms with van der Waals surface area (Å²) in [5, 5.41) is 15.6. The van der Waals surface area contributed by atoms with Crippen LogP contribution in [0.3, 0.4) is 0 Å². The van der Waals surface area contributed by atoms with E-state index in [-0.39, 0.29) is 33.0 Å². The number of pyridine rings is 3. The maximum atomic E-state index is 13.3. The molecule has 4 rings (SSSR count). The number of aromatic nitrogens is 4. The van der Waals surface area contributed by atoms with E-state index in [2.05, 4.69) is 25.6 Å². The van der Waals surface area contributed by atoms with E-state index in [9.17, 15) is 32.7 Å². The van der Waals surface area contributed by atoms with Crippen molar-refractivity contribution in [2.24, 2.45) is 0 Å². The van der Waals surface area contributed by atoms with Crippen molar-refractivity contribution >= 4 is 40.1 Å². The normalized spacial score (nSPS) is 11.5. The topological polar surface area (TPSA) is 139 Å². The number of aryl methyl sites for hydroxylation is 1. The highest BCUT2D eigenvalue weighted by atomic mass is 32.1. The molecule has 4 aromatic rings. The Balaban J connectivity index is 1.91. The summed E-state index contributed by atoms with van der Waals surface area (Å²) in [5.74, 6) is -1.32. The van der Waals surface area contributed by atoms with Crippen LogP contribution in [0.15, 0.2) is 40.9 Å². The minimum Gasteiger partial charge on any atom is -0.477 e. The molecule has 39 heavy (non-hydrogen) atoms.